The highest BCUT2D eigenvalue weighted by Gasteiger charge is 2.13. The van der Waals surface area contributed by atoms with Gasteiger partial charge >= 0.3 is 0 Å². The maximum Gasteiger partial charge on any atom is 0.260 e. The highest BCUT2D eigenvalue weighted by atomic mass is 79.9. The molecule has 17 heavy (non-hydrogen) atoms. The number of anilines is 2. The lowest BCUT2D eigenvalue weighted by Gasteiger charge is -2.06. The number of furan rings is 1. The minimum atomic E-state index is -0.269. The summed E-state index contributed by atoms with van der Waals surface area (Å²) < 4.78 is 5.69. The van der Waals surface area contributed by atoms with E-state index in [1.807, 2.05) is 0 Å². The van der Waals surface area contributed by atoms with Crippen molar-refractivity contribution in [1.29, 1.82) is 0 Å². The molecule has 0 fully saturated rings. The van der Waals surface area contributed by atoms with Crippen LogP contribution in [0, 0.1) is 6.92 Å². The molecular weight excluding hydrogens is 286 g/mol. The van der Waals surface area contributed by atoms with Crippen molar-refractivity contribution >= 4 is 33.3 Å². The Morgan fingerprint density at radius 2 is 2.35 bits per heavy atom. The molecule has 2 aromatic heterocycles. The maximum absolute atomic E-state index is 11.9. The van der Waals surface area contributed by atoms with Crippen molar-refractivity contribution in [3.63, 3.8) is 0 Å². The van der Waals surface area contributed by atoms with Crippen LogP contribution >= 0.6 is 15.9 Å². The van der Waals surface area contributed by atoms with Crippen molar-refractivity contribution in [1.82, 2.24) is 4.98 Å². The van der Waals surface area contributed by atoms with Crippen LogP contribution in [0.3, 0.4) is 0 Å². The number of amides is 1. The number of aromatic nitrogens is 1. The lowest BCUT2D eigenvalue weighted by atomic mass is 10.2. The van der Waals surface area contributed by atoms with Crippen molar-refractivity contribution in [2.75, 3.05) is 11.1 Å². The average Bonchev–Trinajstić information content (AvgIpc) is 2.68. The molecular formula is C11H10BrN3O2. The van der Waals surface area contributed by atoms with Gasteiger partial charge in [0, 0.05) is 0 Å². The second-order valence-corrected chi connectivity index (χ2v) is 4.30. The molecule has 2 heterocycles. The number of hydrogen-bond acceptors (Lipinski definition) is 4. The number of nitrogens with zero attached hydrogens (tertiary/aromatic N) is 1. The molecule has 0 unspecified atom stereocenters. The van der Waals surface area contributed by atoms with Gasteiger partial charge in [-0.3, -0.25) is 4.79 Å². The van der Waals surface area contributed by atoms with E-state index in [0.717, 1.165) is 0 Å². The Hall–Kier alpha value is -1.82. The molecule has 0 aliphatic carbocycles. The van der Waals surface area contributed by atoms with Crippen molar-refractivity contribution in [2.45, 2.75) is 6.92 Å². The Labute approximate surface area is 106 Å². The summed E-state index contributed by atoms with van der Waals surface area (Å²) in [7, 11) is 0. The molecule has 1 amide bonds. The second kappa shape index (κ2) is 4.58. The third-order valence-electron chi connectivity index (χ3n) is 2.20. The summed E-state index contributed by atoms with van der Waals surface area (Å²) in [4.78, 5) is 15.9. The van der Waals surface area contributed by atoms with E-state index in [-0.39, 0.29) is 5.91 Å². The Morgan fingerprint density at radius 3 is 2.94 bits per heavy atom. The van der Waals surface area contributed by atoms with Gasteiger partial charge in [-0.05, 0) is 35.0 Å². The number of rotatable bonds is 2. The van der Waals surface area contributed by atoms with Crippen molar-refractivity contribution in [2.24, 2.45) is 0 Å². The molecule has 2 aromatic rings. The average molecular weight is 296 g/mol. The normalized spacial score (nSPS) is 10.2. The number of nitrogen functional groups attached to an aromatic ring is 1. The number of pyridine rings is 1. The summed E-state index contributed by atoms with van der Waals surface area (Å²) >= 11 is 3.28. The summed E-state index contributed by atoms with van der Waals surface area (Å²) in [5, 5.41) is 2.67. The smallest absolute Gasteiger partial charge is 0.260 e. The van der Waals surface area contributed by atoms with E-state index in [1.165, 1.54) is 12.5 Å². The highest BCUT2D eigenvalue weighted by molar-refractivity contribution is 9.10. The van der Waals surface area contributed by atoms with Crippen molar-refractivity contribution in [3.8, 4) is 0 Å². The lowest BCUT2D eigenvalue weighted by Crippen LogP contribution is -2.13. The Morgan fingerprint density at radius 1 is 1.59 bits per heavy atom. The van der Waals surface area contributed by atoms with Gasteiger partial charge in [0.05, 0.1) is 28.2 Å². The molecule has 0 bridgehead atoms. The molecule has 2 rings (SSSR count). The van der Waals surface area contributed by atoms with Crippen LogP contribution in [0.5, 0.6) is 0 Å². The third-order valence-corrected chi connectivity index (χ3v) is 2.80. The van der Waals surface area contributed by atoms with Crippen LogP contribution in [-0.2, 0) is 0 Å². The van der Waals surface area contributed by atoms with Crippen LogP contribution in [0.4, 0.5) is 11.5 Å². The molecule has 0 radical (unpaired) electrons. The molecule has 0 saturated heterocycles. The van der Waals surface area contributed by atoms with Gasteiger partial charge < -0.3 is 15.5 Å². The first-order valence-electron chi connectivity index (χ1n) is 4.84. The summed E-state index contributed by atoms with van der Waals surface area (Å²) in [6, 6.07) is 3.28. The molecule has 0 aromatic carbocycles. The Balaban J connectivity index is 2.22. The molecule has 0 saturated carbocycles. The van der Waals surface area contributed by atoms with Crippen LogP contribution in [0.15, 0.2) is 33.5 Å². The molecule has 0 aliphatic rings. The van der Waals surface area contributed by atoms with Gasteiger partial charge in [0.1, 0.15) is 11.6 Å². The number of aryl methyl sites for hydroxylation is 1. The van der Waals surface area contributed by atoms with Crippen molar-refractivity contribution < 1.29 is 9.21 Å². The SMILES string of the molecule is Cc1occc1C(=O)Nc1ncc(N)cc1Br. The topological polar surface area (TPSA) is 81.2 Å². The fraction of sp³-hybridized carbons (Fsp3) is 0.0909. The third kappa shape index (κ3) is 2.47. The zero-order valence-electron chi connectivity index (χ0n) is 9.03. The Bertz CT molecular complexity index is 566. The predicted octanol–water partition coefficient (Wildman–Crippen LogP) is 2.58. The van der Waals surface area contributed by atoms with Crippen LogP contribution in [0.1, 0.15) is 16.1 Å². The first-order chi connectivity index (χ1) is 8.08. The van der Waals surface area contributed by atoms with Gasteiger partial charge in [0.2, 0.25) is 0 Å². The Kier molecular flexibility index (Phi) is 3.14. The van der Waals surface area contributed by atoms with Crippen molar-refractivity contribution in [3.05, 3.63) is 40.4 Å². The standard InChI is InChI=1S/C11H10BrN3O2/c1-6-8(2-3-17-6)11(16)15-10-9(12)4-7(13)5-14-10/h2-5H,13H2,1H3,(H,14,15,16). The van der Waals surface area contributed by atoms with E-state index in [0.29, 0.717) is 27.3 Å². The van der Waals surface area contributed by atoms with E-state index >= 15 is 0 Å². The number of carbonyl (C=O) groups is 1. The zero-order chi connectivity index (χ0) is 12.4. The molecule has 3 N–H and O–H groups in total. The summed E-state index contributed by atoms with van der Waals surface area (Å²) in [5.74, 6) is 0.716. The van der Waals surface area contributed by atoms with Crippen LogP contribution in [0.2, 0.25) is 0 Å². The molecule has 0 aliphatic heterocycles. The zero-order valence-corrected chi connectivity index (χ0v) is 10.6. The quantitative estimate of drug-likeness (QED) is 0.892. The highest BCUT2D eigenvalue weighted by Crippen LogP contribution is 2.22. The second-order valence-electron chi connectivity index (χ2n) is 3.44. The van der Waals surface area contributed by atoms with Gasteiger partial charge in [-0.1, -0.05) is 0 Å². The molecule has 0 spiro atoms. The number of nitrogens with two attached hydrogens (primary N) is 1. The van der Waals surface area contributed by atoms with Crippen LogP contribution < -0.4 is 11.1 Å². The van der Waals surface area contributed by atoms with E-state index in [4.69, 9.17) is 10.2 Å². The molecule has 0 atom stereocenters. The lowest BCUT2D eigenvalue weighted by molar-refractivity contribution is 0.102. The number of halogens is 1. The van der Waals surface area contributed by atoms with Gasteiger partial charge in [-0.2, -0.15) is 0 Å². The van der Waals surface area contributed by atoms with Crippen LogP contribution in [0.25, 0.3) is 0 Å². The fourth-order valence-electron chi connectivity index (χ4n) is 1.34. The summed E-state index contributed by atoms with van der Waals surface area (Å²) in [5.41, 5.74) is 6.56. The van der Waals surface area contributed by atoms with E-state index in [9.17, 15) is 4.79 Å². The molecule has 88 valence electrons. The van der Waals surface area contributed by atoms with Crippen LogP contribution in [-0.4, -0.2) is 10.9 Å². The number of hydrogen-bond donors (Lipinski definition) is 2. The number of carbonyl (C=O) groups excluding carboxylic acids is 1. The largest absolute Gasteiger partial charge is 0.469 e. The molecule has 5 nitrogen and oxygen atoms in total. The first kappa shape index (κ1) is 11.7. The van der Waals surface area contributed by atoms with E-state index in [2.05, 4.69) is 26.2 Å². The minimum absolute atomic E-state index is 0.269. The van der Waals surface area contributed by atoms with Gasteiger partial charge in [-0.15, -0.1) is 0 Å². The van der Waals surface area contributed by atoms with E-state index in [1.54, 1.807) is 19.1 Å². The maximum atomic E-state index is 11.9. The summed E-state index contributed by atoms with van der Waals surface area (Å²) in [6.07, 6.45) is 2.94. The molecule has 6 heteroatoms. The number of nitrogens with one attached hydrogen (secondary N) is 1. The fourth-order valence-corrected chi connectivity index (χ4v) is 1.81. The first-order valence-corrected chi connectivity index (χ1v) is 5.63. The van der Waals surface area contributed by atoms with E-state index < -0.39 is 0 Å². The van der Waals surface area contributed by atoms with Gasteiger partial charge in [0.15, 0.2) is 0 Å². The predicted molar refractivity (Wildman–Crippen MR) is 67.7 cm³/mol. The minimum Gasteiger partial charge on any atom is -0.469 e. The van der Waals surface area contributed by atoms with Gasteiger partial charge in [-0.25, -0.2) is 4.98 Å². The monoisotopic (exact) mass is 295 g/mol. The summed E-state index contributed by atoms with van der Waals surface area (Å²) in [6.45, 7) is 1.72. The van der Waals surface area contributed by atoms with Gasteiger partial charge in [0.25, 0.3) is 5.91 Å².